The van der Waals surface area contributed by atoms with Crippen LogP contribution in [0.3, 0.4) is 0 Å². The molecule has 0 fully saturated rings. The molecule has 62 heavy (non-hydrogen) atoms. The minimum absolute atomic E-state index is 0.129. The van der Waals surface area contributed by atoms with Crippen molar-refractivity contribution in [3.05, 3.63) is 217 Å². The predicted molar refractivity (Wildman–Crippen MR) is 261 cm³/mol. The highest BCUT2D eigenvalue weighted by Crippen LogP contribution is 2.51. The summed E-state index contributed by atoms with van der Waals surface area (Å²) in [5.41, 5.74) is 19.2. The normalized spacial score (nSPS) is 12.8. The molecule has 294 valence electrons. The molecule has 9 aromatic carbocycles. The van der Waals surface area contributed by atoms with E-state index in [1.165, 1.54) is 33.4 Å². The molecule has 12 rings (SSSR count). The third-order valence-electron chi connectivity index (χ3n) is 12.7. The van der Waals surface area contributed by atoms with Gasteiger partial charge in [-0.2, -0.15) is 0 Å². The number of benzene rings is 9. The van der Waals surface area contributed by atoms with Gasteiger partial charge in [0.2, 0.25) is 0 Å². The summed E-state index contributed by atoms with van der Waals surface area (Å²) in [5.74, 6) is 0. The van der Waals surface area contributed by atoms with Gasteiger partial charge >= 0.3 is 0 Å². The van der Waals surface area contributed by atoms with Crippen molar-refractivity contribution in [1.82, 2.24) is 4.98 Å². The van der Waals surface area contributed by atoms with Crippen molar-refractivity contribution in [1.29, 1.82) is 0 Å². The van der Waals surface area contributed by atoms with Crippen LogP contribution in [0.25, 0.3) is 87.2 Å². The number of rotatable bonds is 7. The van der Waals surface area contributed by atoms with Gasteiger partial charge in [-0.15, -0.1) is 11.3 Å². The molecule has 4 heteroatoms. The zero-order chi connectivity index (χ0) is 41.4. The lowest BCUT2D eigenvalue weighted by molar-refractivity contribution is 0.660. The number of hydrogen-bond donors (Lipinski definition) is 0. The van der Waals surface area contributed by atoms with Crippen LogP contribution in [0.2, 0.25) is 0 Å². The van der Waals surface area contributed by atoms with Crippen molar-refractivity contribution >= 4 is 60.6 Å². The monoisotopic (exact) mass is 812 g/mol. The Kier molecular flexibility index (Phi) is 8.38. The molecule has 2 aromatic heterocycles. The van der Waals surface area contributed by atoms with E-state index in [9.17, 15) is 0 Å². The lowest BCUT2D eigenvalue weighted by atomic mass is 9.82. The molecule has 11 aromatic rings. The number of furan rings is 1. The fraction of sp³-hybridized carbons (Fsp3) is 0.0517. The number of hydrogen-bond acceptors (Lipinski definition) is 4. The molecule has 1 aliphatic carbocycles. The van der Waals surface area contributed by atoms with E-state index >= 15 is 0 Å². The lowest BCUT2D eigenvalue weighted by Crippen LogP contribution is -2.16. The van der Waals surface area contributed by atoms with Gasteiger partial charge in [0.15, 0.2) is 0 Å². The summed E-state index contributed by atoms with van der Waals surface area (Å²) >= 11 is 1.74. The molecular weight excluding hydrogens is 773 g/mol. The Bertz CT molecular complexity index is 3470. The molecule has 0 saturated carbocycles. The number of nitrogens with zero attached hydrogens (tertiary/aromatic N) is 2. The van der Waals surface area contributed by atoms with Crippen LogP contribution in [-0.4, -0.2) is 4.98 Å². The highest BCUT2D eigenvalue weighted by molar-refractivity contribution is 7.21. The zero-order valence-corrected chi connectivity index (χ0v) is 35.2. The topological polar surface area (TPSA) is 29.3 Å². The first-order valence-electron chi connectivity index (χ1n) is 21.2. The second-order valence-electron chi connectivity index (χ2n) is 16.7. The Balaban J connectivity index is 0.957. The van der Waals surface area contributed by atoms with Crippen LogP contribution in [0.4, 0.5) is 17.1 Å². The largest absolute Gasteiger partial charge is 0.455 e. The van der Waals surface area contributed by atoms with Gasteiger partial charge in [-0.25, -0.2) is 4.98 Å². The van der Waals surface area contributed by atoms with Crippen LogP contribution >= 0.6 is 11.3 Å². The fourth-order valence-electron chi connectivity index (χ4n) is 9.57. The Hall–Kier alpha value is -7.53. The van der Waals surface area contributed by atoms with Gasteiger partial charge in [0.25, 0.3) is 0 Å². The highest BCUT2D eigenvalue weighted by Gasteiger charge is 2.35. The standard InChI is InChI=1S/C58H40N2OS/c1-58(2)51-22-10-9-17-47(51)48-33-31-43(35-52(48)58)60(44-32-34-53-54(36-44)62-57(59-53)41-25-23-38(24-26-41)37-13-5-3-6-14-37)42-29-27-40(28-30-42)46-19-12-21-50-49-20-11-18-45(55(49)61-56(46)50)39-15-7-4-8-16-39/h3-36H,1-2H3. The maximum Gasteiger partial charge on any atom is 0.143 e. The summed E-state index contributed by atoms with van der Waals surface area (Å²) in [4.78, 5) is 7.51. The highest BCUT2D eigenvalue weighted by atomic mass is 32.1. The van der Waals surface area contributed by atoms with Crippen molar-refractivity contribution in [2.24, 2.45) is 0 Å². The Morgan fingerprint density at radius 3 is 1.65 bits per heavy atom. The molecule has 2 heterocycles. The second kappa shape index (κ2) is 14.3. The molecule has 0 spiro atoms. The van der Waals surface area contributed by atoms with Crippen LogP contribution < -0.4 is 4.90 Å². The van der Waals surface area contributed by atoms with Crippen molar-refractivity contribution in [3.63, 3.8) is 0 Å². The zero-order valence-electron chi connectivity index (χ0n) is 34.3. The third kappa shape index (κ3) is 5.90. The first kappa shape index (κ1) is 36.3. The molecule has 0 amide bonds. The average molecular weight is 813 g/mol. The molecule has 0 N–H and O–H groups in total. The molecule has 0 radical (unpaired) electrons. The van der Waals surface area contributed by atoms with Crippen LogP contribution in [-0.2, 0) is 5.41 Å². The van der Waals surface area contributed by atoms with Gasteiger partial charge in [0, 0.05) is 49.9 Å². The van der Waals surface area contributed by atoms with E-state index in [4.69, 9.17) is 9.40 Å². The van der Waals surface area contributed by atoms with Crippen LogP contribution in [0.1, 0.15) is 25.0 Å². The summed E-state index contributed by atoms with van der Waals surface area (Å²) in [6, 6.07) is 74.2. The van der Waals surface area contributed by atoms with Gasteiger partial charge < -0.3 is 9.32 Å². The summed E-state index contributed by atoms with van der Waals surface area (Å²) in [5, 5.41) is 3.26. The van der Waals surface area contributed by atoms with E-state index in [0.29, 0.717) is 0 Å². The van der Waals surface area contributed by atoms with E-state index in [0.717, 1.165) is 82.0 Å². The smallest absolute Gasteiger partial charge is 0.143 e. The number of fused-ring (bicyclic) bond motifs is 7. The maximum absolute atomic E-state index is 6.81. The fourth-order valence-corrected chi connectivity index (χ4v) is 10.6. The summed E-state index contributed by atoms with van der Waals surface area (Å²) in [7, 11) is 0. The average Bonchev–Trinajstić information content (AvgIpc) is 4.00. The van der Waals surface area contributed by atoms with E-state index in [-0.39, 0.29) is 5.41 Å². The second-order valence-corrected chi connectivity index (χ2v) is 17.8. The summed E-state index contributed by atoms with van der Waals surface area (Å²) in [6.45, 7) is 4.69. The van der Waals surface area contributed by atoms with E-state index < -0.39 is 0 Å². The Morgan fingerprint density at radius 1 is 0.419 bits per heavy atom. The third-order valence-corrected chi connectivity index (χ3v) is 13.8. The minimum atomic E-state index is -0.129. The van der Waals surface area contributed by atoms with Gasteiger partial charge in [-0.3, -0.25) is 0 Å². The van der Waals surface area contributed by atoms with E-state index in [1.807, 2.05) is 0 Å². The van der Waals surface area contributed by atoms with E-state index in [1.54, 1.807) is 11.3 Å². The predicted octanol–water partition coefficient (Wildman–Crippen LogP) is 16.6. The minimum Gasteiger partial charge on any atom is -0.455 e. The van der Waals surface area contributed by atoms with Crippen molar-refractivity contribution in [2.75, 3.05) is 4.90 Å². The first-order chi connectivity index (χ1) is 30.5. The summed E-state index contributed by atoms with van der Waals surface area (Å²) in [6.07, 6.45) is 0. The number of aromatic nitrogens is 1. The summed E-state index contributed by atoms with van der Waals surface area (Å²) < 4.78 is 7.96. The van der Waals surface area contributed by atoms with Gasteiger partial charge in [-0.05, 0) is 87.0 Å². The molecule has 0 bridgehead atoms. The van der Waals surface area contributed by atoms with Gasteiger partial charge in [0.05, 0.1) is 10.2 Å². The number of thiazole rings is 1. The van der Waals surface area contributed by atoms with Gasteiger partial charge in [0.1, 0.15) is 16.2 Å². The Morgan fingerprint density at radius 2 is 0.935 bits per heavy atom. The quantitative estimate of drug-likeness (QED) is 0.161. The number of anilines is 3. The van der Waals surface area contributed by atoms with Crippen LogP contribution in [0.15, 0.2) is 211 Å². The van der Waals surface area contributed by atoms with Crippen molar-refractivity contribution in [3.8, 4) is 55.1 Å². The molecule has 0 saturated heterocycles. The molecule has 0 unspecified atom stereocenters. The van der Waals surface area contributed by atoms with Crippen LogP contribution in [0, 0.1) is 0 Å². The maximum atomic E-state index is 6.81. The van der Waals surface area contributed by atoms with Crippen LogP contribution in [0.5, 0.6) is 0 Å². The Labute approximate surface area is 364 Å². The molecule has 0 aliphatic heterocycles. The SMILES string of the molecule is CC1(C)c2ccccc2-c2ccc(N(c3ccc(-c4cccc5c4oc4c(-c6ccccc6)cccc45)cc3)c3ccc4nc(-c5ccc(-c6ccccc6)cc5)sc4c3)cc21. The molecular formula is C58H40N2OS. The molecule has 0 atom stereocenters. The number of para-hydroxylation sites is 2. The van der Waals surface area contributed by atoms with Crippen molar-refractivity contribution in [2.45, 2.75) is 19.3 Å². The molecule has 1 aliphatic rings. The lowest BCUT2D eigenvalue weighted by Gasteiger charge is -2.28. The van der Waals surface area contributed by atoms with E-state index in [2.05, 4.69) is 225 Å². The van der Waals surface area contributed by atoms with Gasteiger partial charge in [-0.1, -0.05) is 178 Å². The van der Waals surface area contributed by atoms with Crippen molar-refractivity contribution < 1.29 is 4.42 Å². The first-order valence-corrected chi connectivity index (χ1v) is 22.0. The molecule has 3 nitrogen and oxygen atoms in total.